The Kier molecular flexibility index (Phi) is 4.63. The predicted molar refractivity (Wildman–Crippen MR) is 88.7 cm³/mol. The van der Waals surface area contributed by atoms with Crippen LogP contribution in [0.5, 0.6) is 0 Å². The highest BCUT2D eigenvalue weighted by Crippen LogP contribution is 2.29. The van der Waals surface area contributed by atoms with Gasteiger partial charge in [0.1, 0.15) is 5.69 Å². The number of hydrogen-bond acceptors (Lipinski definition) is 3. The van der Waals surface area contributed by atoms with Gasteiger partial charge in [-0.15, -0.1) is 4.83 Å². The summed E-state index contributed by atoms with van der Waals surface area (Å²) in [5.74, 6) is -0.547. The summed E-state index contributed by atoms with van der Waals surface area (Å²) in [5.41, 5.74) is 6.82. The van der Waals surface area contributed by atoms with E-state index in [4.69, 9.17) is 0 Å². The molecule has 6 nitrogen and oxygen atoms in total. The van der Waals surface area contributed by atoms with Crippen LogP contribution in [0.1, 0.15) is 38.3 Å². The van der Waals surface area contributed by atoms with Crippen LogP contribution < -0.4 is 10.3 Å². The number of aromatic amines is 1. The molecular formula is C16H21N3O3S. The van der Waals surface area contributed by atoms with E-state index in [1.165, 1.54) is 0 Å². The standard InChI is InChI=1S/C16H21N3O3S/c1-9-10(2)12(4)15(13(5)11(9)3)23(21,22)19-18-16(20)14-7-6-8-17-14/h6-8,17,19H,1-5H3,(H,18,20). The zero-order valence-corrected chi connectivity index (χ0v) is 14.7. The third kappa shape index (κ3) is 3.16. The van der Waals surface area contributed by atoms with Gasteiger partial charge >= 0.3 is 0 Å². The smallest absolute Gasteiger partial charge is 0.282 e. The van der Waals surface area contributed by atoms with Gasteiger partial charge in [0.05, 0.1) is 4.90 Å². The summed E-state index contributed by atoms with van der Waals surface area (Å²) in [6.07, 6.45) is 1.59. The molecule has 0 saturated heterocycles. The van der Waals surface area contributed by atoms with E-state index in [2.05, 4.69) is 15.2 Å². The first kappa shape index (κ1) is 17.2. The van der Waals surface area contributed by atoms with Gasteiger partial charge in [-0.1, -0.05) is 0 Å². The number of carbonyl (C=O) groups is 1. The van der Waals surface area contributed by atoms with Gasteiger partial charge in [0, 0.05) is 6.20 Å². The third-order valence-electron chi connectivity index (χ3n) is 4.34. The molecule has 7 heteroatoms. The lowest BCUT2D eigenvalue weighted by atomic mass is 9.95. The van der Waals surface area contributed by atoms with Crippen LogP contribution in [0.15, 0.2) is 23.2 Å². The molecule has 0 aliphatic heterocycles. The molecule has 0 spiro atoms. The first-order valence-corrected chi connectivity index (χ1v) is 8.67. The van der Waals surface area contributed by atoms with Crippen LogP contribution in [0.2, 0.25) is 0 Å². The average Bonchev–Trinajstić information content (AvgIpc) is 3.03. The lowest BCUT2D eigenvalue weighted by Gasteiger charge is -2.19. The van der Waals surface area contributed by atoms with E-state index >= 15 is 0 Å². The largest absolute Gasteiger partial charge is 0.357 e. The topological polar surface area (TPSA) is 91.1 Å². The number of aromatic nitrogens is 1. The summed E-state index contributed by atoms with van der Waals surface area (Å²) in [7, 11) is -3.87. The Morgan fingerprint density at radius 1 is 0.957 bits per heavy atom. The maximum absolute atomic E-state index is 12.6. The highest BCUT2D eigenvalue weighted by atomic mass is 32.2. The molecule has 1 aromatic carbocycles. The van der Waals surface area contributed by atoms with Crippen LogP contribution in [0.25, 0.3) is 0 Å². The van der Waals surface area contributed by atoms with Gasteiger partial charge in [-0.2, -0.15) is 0 Å². The predicted octanol–water partition coefficient (Wildman–Crippen LogP) is 2.18. The van der Waals surface area contributed by atoms with Crippen LogP contribution in [0.3, 0.4) is 0 Å². The molecule has 23 heavy (non-hydrogen) atoms. The number of nitrogens with one attached hydrogen (secondary N) is 3. The van der Waals surface area contributed by atoms with Crippen LogP contribution in [0.4, 0.5) is 0 Å². The molecule has 0 aliphatic carbocycles. The van der Waals surface area contributed by atoms with E-state index in [1.807, 2.05) is 20.8 Å². The Morgan fingerprint density at radius 2 is 1.48 bits per heavy atom. The minimum atomic E-state index is -3.87. The SMILES string of the molecule is Cc1c(C)c(C)c(S(=O)(=O)NNC(=O)c2ccc[nH]2)c(C)c1C. The molecule has 0 radical (unpaired) electrons. The maximum Gasteiger partial charge on any atom is 0.282 e. The fraction of sp³-hybridized carbons (Fsp3) is 0.312. The lowest BCUT2D eigenvalue weighted by molar-refractivity contribution is 0.0940. The Bertz CT molecular complexity index is 824. The van der Waals surface area contributed by atoms with E-state index in [9.17, 15) is 13.2 Å². The van der Waals surface area contributed by atoms with Crippen molar-refractivity contribution in [2.24, 2.45) is 0 Å². The number of benzene rings is 1. The van der Waals surface area contributed by atoms with Crippen LogP contribution in [-0.2, 0) is 10.0 Å². The molecule has 124 valence electrons. The highest BCUT2D eigenvalue weighted by Gasteiger charge is 2.24. The Hall–Kier alpha value is -2.12. The first-order valence-electron chi connectivity index (χ1n) is 7.19. The number of hydrazine groups is 1. The number of carbonyl (C=O) groups excluding carboxylic acids is 1. The molecule has 0 bridgehead atoms. The molecule has 0 aliphatic rings. The van der Waals surface area contributed by atoms with Crippen LogP contribution in [0, 0.1) is 34.6 Å². The molecule has 2 aromatic rings. The van der Waals surface area contributed by atoms with Crippen LogP contribution in [-0.4, -0.2) is 19.3 Å². The van der Waals surface area contributed by atoms with E-state index in [0.29, 0.717) is 11.1 Å². The number of sulfonamides is 1. The van der Waals surface area contributed by atoms with Crippen molar-refractivity contribution in [1.29, 1.82) is 0 Å². The van der Waals surface area contributed by atoms with Crippen LogP contribution >= 0.6 is 0 Å². The summed E-state index contributed by atoms with van der Waals surface area (Å²) in [6.45, 7) is 9.31. The second-order valence-corrected chi connectivity index (χ2v) is 7.22. The van der Waals surface area contributed by atoms with Crippen molar-refractivity contribution in [1.82, 2.24) is 15.2 Å². The average molecular weight is 335 g/mol. The quantitative estimate of drug-likeness (QED) is 0.748. The van der Waals surface area contributed by atoms with Crippen molar-refractivity contribution in [3.63, 3.8) is 0 Å². The molecule has 0 unspecified atom stereocenters. The van der Waals surface area contributed by atoms with Crippen molar-refractivity contribution in [3.8, 4) is 0 Å². The van der Waals surface area contributed by atoms with Gasteiger partial charge in [0.25, 0.3) is 15.9 Å². The Morgan fingerprint density at radius 3 is 1.96 bits per heavy atom. The monoisotopic (exact) mass is 335 g/mol. The Labute approximate surface area is 136 Å². The molecule has 3 N–H and O–H groups in total. The summed E-state index contributed by atoms with van der Waals surface area (Å²) < 4.78 is 25.3. The van der Waals surface area contributed by atoms with Gasteiger partial charge in [-0.05, 0) is 74.6 Å². The molecule has 2 rings (SSSR count). The minimum Gasteiger partial charge on any atom is -0.357 e. The van der Waals surface area contributed by atoms with E-state index < -0.39 is 15.9 Å². The summed E-state index contributed by atoms with van der Waals surface area (Å²) >= 11 is 0. The molecule has 1 amide bonds. The highest BCUT2D eigenvalue weighted by molar-refractivity contribution is 7.89. The molecule has 1 aromatic heterocycles. The summed E-state index contributed by atoms with van der Waals surface area (Å²) in [5, 5.41) is 0. The molecular weight excluding hydrogens is 314 g/mol. The number of hydrogen-bond donors (Lipinski definition) is 3. The molecule has 0 saturated carbocycles. The Balaban J connectivity index is 2.36. The normalized spacial score (nSPS) is 11.5. The van der Waals surface area contributed by atoms with Crippen molar-refractivity contribution >= 4 is 15.9 Å². The first-order chi connectivity index (χ1) is 10.7. The van der Waals surface area contributed by atoms with Crippen molar-refractivity contribution in [2.45, 2.75) is 39.5 Å². The lowest BCUT2D eigenvalue weighted by Crippen LogP contribution is -2.42. The third-order valence-corrected chi connectivity index (χ3v) is 5.86. The van der Waals surface area contributed by atoms with Gasteiger partial charge in [-0.3, -0.25) is 10.2 Å². The summed E-state index contributed by atoms with van der Waals surface area (Å²) in [4.78, 5) is 17.0. The molecule has 0 fully saturated rings. The second-order valence-electron chi connectivity index (χ2n) is 5.60. The zero-order chi connectivity index (χ0) is 17.4. The van der Waals surface area contributed by atoms with Gasteiger partial charge in [0.2, 0.25) is 0 Å². The molecule has 1 heterocycles. The number of H-pyrrole nitrogens is 1. The van der Waals surface area contributed by atoms with Gasteiger partial charge in [0.15, 0.2) is 0 Å². The number of rotatable bonds is 4. The maximum atomic E-state index is 12.6. The zero-order valence-electron chi connectivity index (χ0n) is 13.9. The van der Waals surface area contributed by atoms with E-state index in [-0.39, 0.29) is 10.6 Å². The van der Waals surface area contributed by atoms with Crippen molar-refractivity contribution < 1.29 is 13.2 Å². The fourth-order valence-electron chi connectivity index (χ4n) is 2.57. The summed E-state index contributed by atoms with van der Waals surface area (Å²) in [6, 6.07) is 3.21. The van der Waals surface area contributed by atoms with E-state index in [1.54, 1.807) is 32.2 Å². The van der Waals surface area contributed by atoms with Gasteiger partial charge in [-0.25, -0.2) is 8.42 Å². The van der Waals surface area contributed by atoms with Crippen molar-refractivity contribution in [3.05, 3.63) is 51.8 Å². The fourth-order valence-corrected chi connectivity index (χ4v) is 4.01. The minimum absolute atomic E-state index is 0.213. The van der Waals surface area contributed by atoms with Gasteiger partial charge < -0.3 is 4.98 Å². The molecule has 0 atom stereocenters. The second kappa shape index (κ2) is 6.17. The van der Waals surface area contributed by atoms with Crippen molar-refractivity contribution in [2.75, 3.05) is 0 Å². The van der Waals surface area contributed by atoms with E-state index in [0.717, 1.165) is 16.7 Å². The number of amides is 1.